The predicted molar refractivity (Wildman–Crippen MR) is 103 cm³/mol. The lowest BCUT2D eigenvalue weighted by Crippen LogP contribution is -2.32. The van der Waals surface area contributed by atoms with E-state index in [0.29, 0.717) is 10.9 Å². The molecule has 1 heterocycles. The summed E-state index contributed by atoms with van der Waals surface area (Å²) in [6, 6.07) is 14.7. The number of nitrogens with one attached hydrogen (secondary N) is 1. The van der Waals surface area contributed by atoms with E-state index in [-0.39, 0.29) is 31.2 Å². The van der Waals surface area contributed by atoms with Crippen LogP contribution in [0.4, 0.5) is 0 Å². The number of amides is 1. The Bertz CT molecular complexity index is 1080. The van der Waals surface area contributed by atoms with Gasteiger partial charge in [-0.1, -0.05) is 42.2 Å². The third kappa shape index (κ3) is 4.73. The van der Waals surface area contributed by atoms with Gasteiger partial charge in [-0.05, 0) is 30.7 Å². The zero-order chi connectivity index (χ0) is 19.1. The fourth-order valence-corrected chi connectivity index (χ4v) is 2.52. The Morgan fingerprint density at radius 2 is 1.93 bits per heavy atom. The van der Waals surface area contributed by atoms with Gasteiger partial charge in [0, 0.05) is 0 Å². The molecule has 0 aliphatic heterocycles. The molecule has 0 saturated heterocycles. The zero-order valence-corrected chi connectivity index (χ0v) is 14.9. The second-order valence-corrected chi connectivity index (χ2v) is 5.88. The maximum atomic E-state index is 12.3. The number of hydrogen-bond acceptors (Lipinski definition) is 4. The van der Waals surface area contributed by atoms with E-state index in [1.807, 2.05) is 37.3 Å². The molecule has 0 spiro atoms. The van der Waals surface area contributed by atoms with Gasteiger partial charge >= 0.3 is 0 Å². The highest BCUT2D eigenvalue weighted by molar-refractivity contribution is 5.78. The molecule has 3 rings (SSSR count). The van der Waals surface area contributed by atoms with Crippen LogP contribution in [-0.4, -0.2) is 28.6 Å². The smallest absolute Gasteiger partial charge is 0.261 e. The van der Waals surface area contributed by atoms with Crippen LogP contribution >= 0.6 is 0 Å². The minimum atomic E-state index is -0.302. The quantitative estimate of drug-likeness (QED) is 0.705. The van der Waals surface area contributed by atoms with Crippen LogP contribution in [0, 0.1) is 18.8 Å². The van der Waals surface area contributed by atoms with Crippen molar-refractivity contribution in [2.75, 3.05) is 13.2 Å². The summed E-state index contributed by atoms with van der Waals surface area (Å²) in [5, 5.41) is 3.15. The van der Waals surface area contributed by atoms with Gasteiger partial charge in [-0.15, -0.1) is 0 Å². The summed E-state index contributed by atoms with van der Waals surface area (Å²) in [6.07, 6.45) is 1.38. The van der Waals surface area contributed by atoms with E-state index in [2.05, 4.69) is 22.1 Å². The second kappa shape index (κ2) is 8.68. The van der Waals surface area contributed by atoms with Gasteiger partial charge in [0.2, 0.25) is 5.91 Å². The molecule has 3 aromatic rings. The van der Waals surface area contributed by atoms with Gasteiger partial charge in [-0.2, -0.15) is 0 Å². The molecule has 1 N–H and O–H groups in total. The van der Waals surface area contributed by atoms with E-state index in [1.54, 1.807) is 18.2 Å². The Hall–Kier alpha value is -3.59. The fraction of sp³-hybridized carbons (Fsp3) is 0.190. The highest BCUT2D eigenvalue weighted by Crippen LogP contribution is 2.15. The summed E-state index contributed by atoms with van der Waals surface area (Å²) in [5.41, 5.74) is 1.41. The normalized spacial score (nSPS) is 10.1. The average molecular weight is 361 g/mol. The van der Waals surface area contributed by atoms with Crippen LogP contribution in [0.5, 0.6) is 5.75 Å². The maximum Gasteiger partial charge on any atom is 0.261 e. The van der Waals surface area contributed by atoms with Gasteiger partial charge < -0.3 is 10.1 Å². The third-order valence-corrected chi connectivity index (χ3v) is 3.94. The summed E-state index contributed by atoms with van der Waals surface area (Å²) < 4.78 is 6.84. The number of hydrogen-bond donors (Lipinski definition) is 1. The lowest BCUT2D eigenvalue weighted by Gasteiger charge is -2.06. The summed E-state index contributed by atoms with van der Waals surface area (Å²) in [6.45, 7) is 2.30. The van der Waals surface area contributed by atoms with Gasteiger partial charge in [-0.3, -0.25) is 14.2 Å². The predicted octanol–water partition coefficient (Wildman–Crippen LogP) is 1.90. The first-order valence-electron chi connectivity index (χ1n) is 8.50. The number of aryl methyl sites for hydroxylation is 1. The number of rotatable bonds is 5. The van der Waals surface area contributed by atoms with Crippen molar-refractivity contribution in [3.05, 3.63) is 70.8 Å². The van der Waals surface area contributed by atoms with E-state index in [9.17, 15) is 9.59 Å². The van der Waals surface area contributed by atoms with E-state index in [1.165, 1.54) is 10.9 Å². The van der Waals surface area contributed by atoms with Crippen molar-refractivity contribution in [2.45, 2.75) is 13.5 Å². The van der Waals surface area contributed by atoms with Crippen molar-refractivity contribution in [1.82, 2.24) is 14.9 Å². The Kier molecular flexibility index (Phi) is 5.85. The lowest BCUT2D eigenvalue weighted by molar-refractivity contribution is -0.121. The second-order valence-electron chi connectivity index (χ2n) is 5.88. The van der Waals surface area contributed by atoms with Crippen molar-refractivity contribution in [3.63, 3.8) is 0 Å². The van der Waals surface area contributed by atoms with Crippen molar-refractivity contribution < 1.29 is 9.53 Å². The molecule has 0 saturated carbocycles. The van der Waals surface area contributed by atoms with Gasteiger partial charge in [-0.25, -0.2) is 4.98 Å². The number of benzene rings is 2. The van der Waals surface area contributed by atoms with Crippen LogP contribution in [0.1, 0.15) is 5.56 Å². The number of ether oxygens (including phenoxy) is 1. The summed E-state index contributed by atoms with van der Waals surface area (Å²) >= 11 is 0. The molecule has 0 radical (unpaired) electrons. The van der Waals surface area contributed by atoms with Crippen molar-refractivity contribution in [2.24, 2.45) is 0 Å². The molecule has 27 heavy (non-hydrogen) atoms. The molecule has 1 aromatic heterocycles. The summed E-state index contributed by atoms with van der Waals surface area (Å²) in [4.78, 5) is 28.5. The molecule has 6 heteroatoms. The van der Waals surface area contributed by atoms with Crippen LogP contribution < -0.4 is 15.6 Å². The van der Waals surface area contributed by atoms with Gasteiger partial charge in [0.15, 0.2) is 0 Å². The minimum Gasteiger partial charge on any atom is -0.481 e. The Labute approximate surface area is 156 Å². The number of nitrogens with zero attached hydrogens (tertiary/aromatic N) is 2. The molecule has 0 aliphatic rings. The first-order chi connectivity index (χ1) is 13.1. The summed E-state index contributed by atoms with van der Waals surface area (Å²) in [5.74, 6) is 6.16. The zero-order valence-electron chi connectivity index (χ0n) is 14.9. The minimum absolute atomic E-state index is 0.0991. The first kappa shape index (κ1) is 18.2. The van der Waals surface area contributed by atoms with Crippen LogP contribution in [0.15, 0.2) is 59.7 Å². The number of para-hydroxylation sites is 2. The van der Waals surface area contributed by atoms with Gasteiger partial charge in [0.05, 0.1) is 23.8 Å². The van der Waals surface area contributed by atoms with Crippen LogP contribution in [-0.2, 0) is 11.3 Å². The maximum absolute atomic E-state index is 12.3. The molecular weight excluding hydrogens is 342 g/mol. The molecule has 6 nitrogen and oxygen atoms in total. The number of carbonyl (C=O) groups is 1. The Morgan fingerprint density at radius 1 is 1.15 bits per heavy atom. The van der Waals surface area contributed by atoms with E-state index in [0.717, 1.165) is 11.3 Å². The SMILES string of the molecule is Cc1ccccc1OCC#CCNC(=O)Cn1cnc2ccccc2c1=O. The molecule has 1 amide bonds. The van der Waals surface area contributed by atoms with E-state index >= 15 is 0 Å². The molecule has 0 fully saturated rings. The Morgan fingerprint density at radius 3 is 2.78 bits per heavy atom. The first-order valence-corrected chi connectivity index (χ1v) is 8.50. The van der Waals surface area contributed by atoms with E-state index < -0.39 is 0 Å². The number of aromatic nitrogens is 2. The van der Waals surface area contributed by atoms with Crippen molar-refractivity contribution >= 4 is 16.8 Å². The van der Waals surface area contributed by atoms with Gasteiger partial charge in [0.1, 0.15) is 18.9 Å². The lowest BCUT2D eigenvalue weighted by atomic mass is 10.2. The monoisotopic (exact) mass is 361 g/mol. The fourth-order valence-electron chi connectivity index (χ4n) is 2.52. The largest absolute Gasteiger partial charge is 0.481 e. The standard InChI is InChI=1S/C21H19N3O3/c1-16-8-2-5-11-19(16)27-13-7-6-12-22-20(25)14-24-15-23-18-10-4-3-9-17(18)21(24)26/h2-5,8-11,15H,12-14H2,1H3,(H,22,25). The van der Waals surface area contributed by atoms with Crippen LogP contribution in [0.3, 0.4) is 0 Å². The molecule has 0 aliphatic carbocycles. The van der Waals surface area contributed by atoms with Crippen molar-refractivity contribution in [3.8, 4) is 17.6 Å². The summed E-state index contributed by atoms with van der Waals surface area (Å²) in [7, 11) is 0. The van der Waals surface area contributed by atoms with E-state index in [4.69, 9.17) is 4.74 Å². The molecule has 0 unspecified atom stereocenters. The highest BCUT2D eigenvalue weighted by Gasteiger charge is 2.07. The molecule has 2 aromatic carbocycles. The Balaban J connectivity index is 1.49. The highest BCUT2D eigenvalue weighted by atomic mass is 16.5. The third-order valence-electron chi connectivity index (χ3n) is 3.94. The van der Waals surface area contributed by atoms with Crippen LogP contribution in [0.25, 0.3) is 10.9 Å². The topological polar surface area (TPSA) is 73.2 Å². The molecule has 136 valence electrons. The number of carbonyl (C=O) groups excluding carboxylic acids is 1. The molecule has 0 bridgehead atoms. The molecular formula is C21H19N3O3. The average Bonchev–Trinajstić information content (AvgIpc) is 2.68. The number of fused-ring (bicyclic) bond motifs is 1. The van der Waals surface area contributed by atoms with Gasteiger partial charge in [0.25, 0.3) is 5.56 Å². The molecule has 0 atom stereocenters. The van der Waals surface area contributed by atoms with Crippen molar-refractivity contribution in [1.29, 1.82) is 0 Å². The van der Waals surface area contributed by atoms with Crippen LogP contribution in [0.2, 0.25) is 0 Å².